The third-order valence-electron chi connectivity index (χ3n) is 9.01. The fourth-order valence-electron chi connectivity index (χ4n) is 7.09. The summed E-state index contributed by atoms with van der Waals surface area (Å²) in [5, 5.41) is 16.8. The van der Waals surface area contributed by atoms with E-state index in [-0.39, 0.29) is 17.8 Å². The summed E-state index contributed by atoms with van der Waals surface area (Å²) >= 11 is 0. The number of hydrogen-bond donors (Lipinski definition) is 2. The van der Waals surface area contributed by atoms with Crippen molar-refractivity contribution in [3.05, 3.63) is 57.7 Å². The lowest BCUT2D eigenvalue weighted by Gasteiger charge is -2.36. The van der Waals surface area contributed by atoms with Gasteiger partial charge in [-0.2, -0.15) is 5.26 Å². The van der Waals surface area contributed by atoms with Gasteiger partial charge in [0.2, 0.25) is 0 Å². The van der Waals surface area contributed by atoms with E-state index in [4.69, 9.17) is 0 Å². The van der Waals surface area contributed by atoms with Crippen molar-refractivity contribution in [3.63, 3.8) is 0 Å². The van der Waals surface area contributed by atoms with Crippen LogP contribution in [-0.2, 0) is 19.3 Å². The van der Waals surface area contributed by atoms with E-state index >= 15 is 4.39 Å². The van der Waals surface area contributed by atoms with Crippen LogP contribution in [0.15, 0.2) is 18.3 Å². The summed E-state index contributed by atoms with van der Waals surface area (Å²) in [6.07, 6.45) is 9.12. The quantitative estimate of drug-likeness (QED) is 0.718. The molecule has 3 fully saturated rings. The number of pyridine rings is 1. The number of benzene rings is 1. The summed E-state index contributed by atoms with van der Waals surface area (Å²) in [4.78, 5) is 19.8. The van der Waals surface area contributed by atoms with E-state index in [2.05, 4.69) is 26.6 Å². The second kappa shape index (κ2) is 8.03. The molecule has 6 nitrogen and oxygen atoms in total. The minimum Gasteiger partial charge on any atom is -0.367 e. The molecule has 1 aromatic heterocycles. The van der Waals surface area contributed by atoms with Crippen LogP contribution in [0.3, 0.4) is 0 Å². The first-order valence-corrected chi connectivity index (χ1v) is 13.1. The lowest BCUT2D eigenvalue weighted by molar-refractivity contribution is 0.0932. The number of nitriles is 1. The maximum Gasteiger partial charge on any atom is 0.253 e. The zero-order valence-electron chi connectivity index (χ0n) is 19.8. The van der Waals surface area contributed by atoms with Crippen LogP contribution in [-0.4, -0.2) is 42.1 Å². The number of nitrogens with zero attached hydrogens (tertiary/aromatic N) is 3. The molecule has 35 heavy (non-hydrogen) atoms. The number of fused-ring (bicyclic) bond motifs is 6. The number of hydrogen-bond acceptors (Lipinski definition) is 5. The molecule has 180 valence electrons. The topological polar surface area (TPSA) is 81.0 Å². The molecular weight excluding hydrogens is 441 g/mol. The number of aryl methyl sites for hydroxylation is 1. The van der Waals surface area contributed by atoms with Crippen LogP contribution in [0.2, 0.25) is 0 Å². The van der Waals surface area contributed by atoms with Crippen LogP contribution in [0, 0.1) is 23.1 Å². The largest absolute Gasteiger partial charge is 0.367 e. The molecule has 1 saturated carbocycles. The highest BCUT2D eigenvalue weighted by atomic mass is 19.1. The number of nitrogens with one attached hydrogen (secondary N) is 2. The van der Waals surface area contributed by atoms with Crippen molar-refractivity contribution in [2.24, 2.45) is 5.92 Å². The number of piperazine rings is 1. The molecule has 2 aliphatic heterocycles. The molecule has 1 aromatic carbocycles. The minimum atomic E-state index is -0.256. The summed E-state index contributed by atoms with van der Waals surface area (Å²) in [7, 11) is 0. The van der Waals surface area contributed by atoms with Gasteiger partial charge in [0.05, 0.1) is 16.8 Å². The molecule has 5 atom stereocenters. The van der Waals surface area contributed by atoms with E-state index in [9.17, 15) is 10.1 Å². The maximum absolute atomic E-state index is 15.4. The molecule has 3 aliphatic carbocycles. The Morgan fingerprint density at radius 2 is 1.97 bits per heavy atom. The van der Waals surface area contributed by atoms with Gasteiger partial charge in [0, 0.05) is 43.1 Å². The van der Waals surface area contributed by atoms with E-state index in [0.717, 1.165) is 55.2 Å². The average molecular weight is 472 g/mol. The first kappa shape index (κ1) is 21.3. The molecule has 2 N–H and O–H groups in total. The zero-order chi connectivity index (χ0) is 23.7. The summed E-state index contributed by atoms with van der Waals surface area (Å²) in [5.74, 6) is 0.967. The van der Waals surface area contributed by atoms with Gasteiger partial charge in [-0.3, -0.25) is 9.78 Å². The van der Waals surface area contributed by atoms with Crippen LogP contribution in [0.4, 0.5) is 10.1 Å². The molecule has 0 spiro atoms. The van der Waals surface area contributed by atoms with E-state index in [0.29, 0.717) is 54.0 Å². The predicted octanol–water partition coefficient (Wildman–Crippen LogP) is 3.37. The van der Waals surface area contributed by atoms with Crippen molar-refractivity contribution in [2.75, 3.05) is 18.0 Å². The Hall–Kier alpha value is -2.98. The molecule has 2 bridgehead atoms. The third-order valence-corrected chi connectivity index (χ3v) is 9.01. The Morgan fingerprint density at radius 3 is 2.77 bits per heavy atom. The van der Waals surface area contributed by atoms with Crippen molar-refractivity contribution >= 4 is 11.6 Å². The average Bonchev–Trinajstić information content (AvgIpc) is 3.61. The Morgan fingerprint density at radius 1 is 1.14 bits per heavy atom. The molecule has 0 radical (unpaired) electrons. The zero-order valence-corrected chi connectivity index (χ0v) is 19.8. The van der Waals surface area contributed by atoms with E-state index < -0.39 is 0 Å². The molecule has 1 amide bonds. The fourth-order valence-corrected chi connectivity index (χ4v) is 7.09. The number of rotatable bonds is 3. The first-order valence-electron chi connectivity index (χ1n) is 13.1. The summed E-state index contributed by atoms with van der Waals surface area (Å²) < 4.78 is 15.4. The number of halogens is 1. The van der Waals surface area contributed by atoms with Crippen molar-refractivity contribution in [1.29, 1.82) is 5.26 Å². The predicted molar refractivity (Wildman–Crippen MR) is 130 cm³/mol. The molecule has 2 saturated heterocycles. The summed E-state index contributed by atoms with van der Waals surface area (Å²) in [6, 6.07) is 6.67. The Labute approximate surface area is 204 Å². The second-order valence-corrected chi connectivity index (χ2v) is 11.2. The molecule has 2 unspecified atom stereocenters. The third kappa shape index (κ3) is 3.61. The van der Waals surface area contributed by atoms with Gasteiger partial charge in [0.1, 0.15) is 11.9 Å². The molecule has 5 aliphatic rings. The maximum atomic E-state index is 15.4. The normalized spacial score (nSPS) is 30.1. The molecule has 2 aromatic rings. The van der Waals surface area contributed by atoms with Crippen LogP contribution in [0.1, 0.15) is 76.3 Å². The number of carbonyl (C=O) groups is 1. The monoisotopic (exact) mass is 471 g/mol. The van der Waals surface area contributed by atoms with Crippen molar-refractivity contribution in [3.8, 4) is 6.07 Å². The second-order valence-electron chi connectivity index (χ2n) is 11.2. The van der Waals surface area contributed by atoms with Crippen LogP contribution < -0.4 is 15.5 Å². The fraction of sp³-hybridized carbons (Fsp3) is 0.536. The summed E-state index contributed by atoms with van der Waals surface area (Å²) in [6.45, 7) is 1.64. The Kier molecular flexibility index (Phi) is 4.89. The van der Waals surface area contributed by atoms with E-state index in [1.54, 1.807) is 12.3 Å². The highest BCUT2D eigenvalue weighted by molar-refractivity contribution is 5.94. The van der Waals surface area contributed by atoms with Crippen LogP contribution >= 0.6 is 0 Å². The minimum absolute atomic E-state index is 0.134. The van der Waals surface area contributed by atoms with Crippen LogP contribution in [0.5, 0.6) is 0 Å². The van der Waals surface area contributed by atoms with Gasteiger partial charge in [0.25, 0.3) is 5.91 Å². The van der Waals surface area contributed by atoms with Crippen molar-refractivity contribution in [2.45, 2.75) is 75.4 Å². The van der Waals surface area contributed by atoms with Gasteiger partial charge in [-0.1, -0.05) is 0 Å². The smallest absolute Gasteiger partial charge is 0.253 e. The van der Waals surface area contributed by atoms with E-state index in [1.165, 1.54) is 18.4 Å². The van der Waals surface area contributed by atoms with Gasteiger partial charge in [0.15, 0.2) is 0 Å². The standard InChI is InChI=1S/C28H30FN5O/c29-25-10-27(34-13-18-2-3-19(14-34)32-18)24(11-30)20-5-4-17(9-22(20)25)33-28(35)16-8-23-21-7-15(21)1-6-26(23)31-12-16/h8,10,12,15,17-19,21,32H,1-7,9,13-14H2,(H,33,35)/t15-,17-,18?,19?,21+/m1/s1. The van der Waals surface area contributed by atoms with Crippen LogP contribution in [0.25, 0.3) is 0 Å². The highest BCUT2D eigenvalue weighted by Gasteiger charge is 2.43. The van der Waals surface area contributed by atoms with Gasteiger partial charge in [-0.25, -0.2) is 4.39 Å². The number of amides is 1. The molecule has 7 rings (SSSR count). The van der Waals surface area contributed by atoms with E-state index in [1.807, 2.05) is 6.07 Å². The van der Waals surface area contributed by atoms with Gasteiger partial charge in [-0.15, -0.1) is 0 Å². The SMILES string of the molecule is N#Cc1c(N2CC3CCC(C2)N3)cc(F)c2c1CC[C@@H](NC(=O)c1cnc3c(c1)[C@H]1C[C@H]1CC3)C2. The van der Waals surface area contributed by atoms with Gasteiger partial charge < -0.3 is 15.5 Å². The Bertz CT molecular complexity index is 1260. The number of aromatic nitrogens is 1. The van der Waals surface area contributed by atoms with Gasteiger partial charge >= 0.3 is 0 Å². The highest BCUT2D eigenvalue weighted by Crippen LogP contribution is 2.54. The van der Waals surface area contributed by atoms with Gasteiger partial charge in [-0.05, 0) is 92.0 Å². The summed E-state index contributed by atoms with van der Waals surface area (Å²) in [5.41, 5.74) is 5.77. The lowest BCUT2D eigenvalue weighted by Crippen LogP contribution is -2.51. The molecule has 3 heterocycles. The lowest BCUT2D eigenvalue weighted by atomic mass is 9.84. The molecule has 7 heteroatoms. The van der Waals surface area contributed by atoms with Crippen molar-refractivity contribution in [1.82, 2.24) is 15.6 Å². The number of anilines is 1. The Balaban J connectivity index is 1.11. The van der Waals surface area contributed by atoms with Crippen molar-refractivity contribution < 1.29 is 9.18 Å². The molecular formula is C28H30FN5O. The number of carbonyl (C=O) groups excluding carboxylic acids is 1. The first-order chi connectivity index (χ1) is 17.1.